The Morgan fingerprint density at radius 1 is 1.30 bits per heavy atom. The van der Waals surface area contributed by atoms with Crippen molar-refractivity contribution in [2.75, 3.05) is 5.32 Å². The topological polar surface area (TPSA) is 46.9 Å². The predicted octanol–water partition coefficient (Wildman–Crippen LogP) is 3.34. The van der Waals surface area contributed by atoms with Gasteiger partial charge in [0.05, 0.1) is 0 Å². The van der Waals surface area contributed by atoms with Crippen LogP contribution in [0.15, 0.2) is 30.3 Å². The number of halogens is 4. The minimum atomic E-state index is -4.76. The summed E-state index contributed by atoms with van der Waals surface area (Å²) in [6.45, 7) is 0. The van der Waals surface area contributed by atoms with E-state index >= 15 is 0 Å². The van der Waals surface area contributed by atoms with Gasteiger partial charge in [0.25, 0.3) is 5.91 Å². The Bertz CT molecular complexity index is 637. The Morgan fingerprint density at radius 3 is 2.45 bits per heavy atom. The molecule has 2 aromatic rings. The fourth-order valence-electron chi connectivity index (χ4n) is 1.62. The minimum absolute atomic E-state index is 0.366. The van der Waals surface area contributed by atoms with Gasteiger partial charge in [-0.1, -0.05) is 29.8 Å². The second-order valence-corrected chi connectivity index (χ2v) is 4.31. The molecule has 0 spiro atoms. The van der Waals surface area contributed by atoms with E-state index in [4.69, 9.17) is 11.6 Å². The third-order valence-electron chi connectivity index (χ3n) is 2.50. The summed E-state index contributed by atoms with van der Waals surface area (Å²) in [6.07, 6.45) is -4.76. The number of aryl methyl sites for hydroxylation is 1. The third-order valence-corrected chi connectivity index (χ3v) is 2.94. The van der Waals surface area contributed by atoms with Gasteiger partial charge in [0, 0.05) is 12.7 Å². The van der Waals surface area contributed by atoms with Crippen LogP contribution in [0.3, 0.4) is 0 Å². The molecule has 1 aromatic carbocycles. The van der Waals surface area contributed by atoms with Gasteiger partial charge in [-0.15, -0.1) is 0 Å². The lowest BCUT2D eigenvalue weighted by Gasteiger charge is -2.07. The molecule has 20 heavy (non-hydrogen) atoms. The zero-order valence-electron chi connectivity index (χ0n) is 10.2. The highest BCUT2D eigenvalue weighted by atomic mass is 35.5. The third kappa shape index (κ3) is 2.77. The average Bonchev–Trinajstić information content (AvgIpc) is 2.67. The lowest BCUT2D eigenvalue weighted by Crippen LogP contribution is -2.18. The van der Waals surface area contributed by atoms with Gasteiger partial charge in [-0.3, -0.25) is 9.48 Å². The summed E-state index contributed by atoms with van der Waals surface area (Å²) in [5.41, 5.74) is -1.63. The highest BCUT2D eigenvalue weighted by Gasteiger charge is 2.41. The number of benzene rings is 1. The molecule has 0 saturated carbocycles. The van der Waals surface area contributed by atoms with Crippen LogP contribution in [0.25, 0.3) is 0 Å². The van der Waals surface area contributed by atoms with Crippen LogP contribution in [-0.2, 0) is 13.2 Å². The van der Waals surface area contributed by atoms with E-state index in [0.29, 0.717) is 5.69 Å². The quantitative estimate of drug-likeness (QED) is 0.925. The number of carbonyl (C=O) groups excluding carboxylic acids is 1. The number of hydrogen-bond donors (Lipinski definition) is 1. The first-order chi connectivity index (χ1) is 9.30. The number of carbonyl (C=O) groups is 1. The van der Waals surface area contributed by atoms with Crippen molar-refractivity contribution >= 4 is 23.2 Å². The van der Waals surface area contributed by atoms with E-state index in [1.807, 2.05) is 0 Å². The molecular formula is C12H9ClF3N3O. The summed E-state index contributed by atoms with van der Waals surface area (Å²) in [5.74, 6) is -0.957. The van der Waals surface area contributed by atoms with Crippen molar-refractivity contribution in [3.8, 4) is 0 Å². The van der Waals surface area contributed by atoms with E-state index in [0.717, 1.165) is 4.68 Å². The Labute approximate surface area is 117 Å². The first kappa shape index (κ1) is 14.4. The number of nitrogens with zero attached hydrogens (tertiary/aromatic N) is 2. The van der Waals surface area contributed by atoms with Crippen LogP contribution < -0.4 is 5.32 Å². The van der Waals surface area contributed by atoms with Gasteiger partial charge in [-0.2, -0.15) is 18.3 Å². The second-order valence-electron chi connectivity index (χ2n) is 3.96. The van der Waals surface area contributed by atoms with Crippen LogP contribution >= 0.6 is 11.6 Å². The monoisotopic (exact) mass is 303 g/mol. The molecule has 0 unspecified atom stereocenters. The molecule has 0 aliphatic heterocycles. The van der Waals surface area contributed by atoms with E-state index in [9.17, 15) is 18.0 Å². The molecule has 4 nitrogen and oxygen atoms in total. The number of anilines is 1. The molecule has 2 rings (SSSR count). The van der Waals surface area contributed by atoms with Crippen molar-refractivity contribution in [1.29, 1.82) is 0 Å². The number of alkyl halides is 3. The summed E-state index contributed by atoms with van der Waals surface area (Å²) >= 11 is 5.72. The van der Waals surface area contributed by atoms with Crippen molar-refractivity contribution < 1.29 is 18.0 Å². The number of rotatable bonds is 2. The highest BCUT2D eigenvalue weighted by molar-refractivity contribution is 6.33. The van der Waals surface area contributed by atoms with E-state index in [2.05, 4.69) is 10.4 Å². The van der Waals surface area contributed by atoms with E-state index in [1.54, 1.807) is 30.3 Å². The fourth-order valence-corrected chi connectivity index (χ4v) is 1.83. The lowest BCUT2D eigenvalue weighted by molar-refractivity contribution is -0.141. The SMILES string of the molecule is Cn1nc(C(F)(F)F)c(C(=O)Nc2ccccc2)c1Cl. The summed E-state index contributed by atoms with van der Waals surface area (Å²) in [4.78, 5) is 12.0. The van der Waals surface area contributed by atoms with Gasteiger partial charge in [0.15, 0.2) is 5.69 Å². The first-order valence-electron chi connectivity index (χ1n) is 5.47. The number of amides is 1. The molecule has 106 valence electrons. The maximum absolute atomic E-state index is 12.8. The van der Waals surface area contributed by atoms with Gasteiger partial charge in [0.1, 0.15) is 10.7 Å². The van der Waals surface area contributed by atoms with Crippen LogP contribution in [0, 0.1) is 0 Å². The van der Waals surface area contributed by atoms with Crippen LogP contribution in [0.2, 0.25) is 5.15 Å². The smallest absolute Gasteiger partial charge is 0.322 e. The number of para-hydroxylation sites is 1. The fraction of sp³-hybridized carbons (Fsp3) is 0.167. The molecule has 0 bridgehead atoms. The minimum Gasteiger partial charge on any atom is -0.322 e. The van der Waals surface area contributed by atoms with Crippen molar-refractivity contribution in [1.82, 2.24) is 9.78 Å². The number of aromatic nitrogens is 2. The first-order valence-corrected chi connectivity index (χ1v) is 5.84. The molecule has 1 aromatic heterocycles. The molecule has 8 heteroatoms. The summed E-state index contributed by atoms with van der Waals surface area (Å²) in [6, 6.07) is 8.11. The van der Waals surface area contributed by atoms with Crippen LogP contribution in [-0.4, -0.2) is 15.7 Å². The summed E-state index contributed by atoms with van der Waals surface area (Å²) in [7, 11) is 1.23. The van der Waals surface area contributed by atoms with E-state index < -0.39 is 23.3 Å². The molecule has 0 saturated heterocycles. The molecular weight excluding hydrogens is 295 g/mol. The van der Waals surface area contributed by atoms with Gasteiger partial charge in [-0.25, -0.2) is 0 Å². The molecule has 0 radical (unpaired) electrons. The Balaban J connectivity index is 2.40. The van der Waals surface area contributed by atoms with Crippen molar-refractivity contribution in [2.24, 2.45) is 7.05 Å². The predicted molar refractivity (Wildman–Crippen MR) is 67.6 cm³/mol. The summed E-state index contributed by atoms with van der Waals surface area (Å²) < 4.78 is 39.3. The van der Waals surface area contributed by atoms with Crippen LogP contribution in [0.1, 0.15) is 16.1 Å². The Morgan fingerprint density at radius 2 is 1.90 bits per heavy atom. The van der Waals surface area contributed by atoms with Gasteiger partial charge >= 0.3 is 6.18 Å². The molecule has 0 fully saturated rings. The largest absolute Gasteiger partial charge is 0.436 e. The van der Waals surface area contributed by atoms with Gasteiger partial charge in [-0.05, 0) is 12.1 Å². The van der Waals surface area contributed by atoms with Gasteiger partial charge < -0.3 is 5.32 Å². The lowest BCUT2D eigenvalue weighted by atomic mass is 10.2. The van der Waals surface area contributed by atoms with Crippen LogP contribution in [0.4, 0.5) is 18.9 Å². The summed E-state index contributed by atoms with van der Waals surface area (Å²) in [5, 5.41) is 5.22. The molecule has 0 aliphatic rings. The zero-order chi connectivity index (χ0) is 14.9. The van der Waals surface area contributed by atoms with E-state index in [-0.39, 0.29) is 5.15 Å². The van der Waals surface area contributed by atoms with Gasteiger partial charge in [0.2, 0.25) is 0 Å². The second kappa shape index (κ2) is 5.16. The molecule has 1 amide bonds. The number of hydrogen-bond acceptors (Lipinski definition) is 2. The zero-order valence-corrected chi connectivity index (χ0v) is 11.0. The maximum atomic E-state index is 12.8. The molecule has 0 atom stereocenters. The van der Waals surface area contributed by atoms with Crippen LogP contribution in [0.5, 0.6) is 0 Å². The average molecular weight is 304 g/mol. The standard InChI is InChI=1S/C12H9ClF3N3O/c1-19-10(13)8(9(18-19)12(14,15)16)11(20)17-7-5-3-2-4-6-7/h2-6H,1H3,(H,17,20). The molecule has 1 heterocycles. The van der Waals surface area contributed by atoms with Crippen molar-refractivity contribution in [3.05, 3.63) is 46.7 Å². The number of nitrogens with one attached hydrogen (secondary N) is 1. The van der Waals surface area contributed by atoms with Crippen molar-refractivity contribution in [3.63, 3.8) is 0 Å². The Hall–Kier alpha value is -2.02. The highest BCUT2D eigenvalue weighted by Crippen LogP contribution is 2.34. The molecule has 0 aliphatic carbocycles. The Kier molecular flexibility index (Phi) is 3.71. The maximum Gasteiger partial charge on any atom is 0.436 e. The van der Waals surface area contributed by atoms with E-state index in [1.165, 1.54) is 7.05 Å². The molecule has 1 N–H and O–H groups in total. The normalized spacial score (nSPS) is 11.4. The van der Waals surface area contributed by atoms with Crippen molar-refractivity contribution in [2.45, 2.75) is 6.18 Å².